The van der Waals surface area contributed by atoms with Crippen LogP contribution in [0.3, 0.4) is 0 Å². The molecule has 0 fully saturated rings. The summed E-state index contributed by atoms with van der Waals surface area (Å²) in [6.07, 6.45) is 5.08. The first-order valence-electron chi connectivity index (χ1n) is 5.45. The molecule has 0 heterocycles. The van der Waals surface area contributed by atoms with Crippen LogP contribution < -0.4 is 4.74 Å². The van der Waals surface area contributed by atoms with E-state index in [0.717, 1.165) is 4.90 Å². The van der Waals surface area contributed by atoms with Crippen molar-refractivity contribution in [3.8, 4) is 18.1 Å². The zero-order valence-electron chi connectivity index (χ0n) is 10.3. The minimum absolute atomic E-state index is 0.108. The van der Waals surface area contributed by atoms with Crippen LogP contribution in [0, 0.1) is 12.3 Å². The van der Waals surface area contributed by atoms with Gasteiger partial charge in [-0.1, -0.05) is 29.1 Å². The number of rotatable bonds is 6. The molecule has 1 rings (SSSR count). The van der Waals surface area contributed by atoms with Crippen LogP contribution in [0.4, 0.5) is 0 Å². The third-order valence-electron chi connectivity index (χ3n) is 2.21. The van der Waals surface area contributed by atoms with Crippen LogP contribution in [0.25, 0.3) is 0 Å². The lowest BCUT2D eigenvalue weighted by Gasteiger charge is -2.18. The molecule has 5 nitrogen and oxygen atoms in total. The Morgan fingerprint density at radius 3 is 2.65 bits per heavy atom. The van der Waals surface area contributed by atoms with Crippen molar-refractivity contribution in [1.29, 1.82) is 0 Å². The van der Waals surface area contributed by atoms with E-state index in [1.165, 1.54) is 12.1 Å². The van der Waals surface area contributed by atoms with Gasteiger partial charge < -0.3 is 14.7 Å². The standard InChI is InChI=1S/C13H11Cl2NO4/c1-2-5-16(7-13(18)19)12(17)8-20-11-4-3-9(14)6-10(11)15/h1,3-4,6H,5,7-8H2,(H,18,19). The summed E-state index contributed by atoms with van der Waals surface area (Å²) in [6, 6.07) is 4.55. The fourth-order valence-electron chi connectivity index (χ4n) is 1.33. The molecule has 0 radical (unpaired) electrons. The van der Waals surface area contributed by atoms with E-state index >= 15 is 0 Å². The van der Waals surface area contributed by atoms with E-state index in [2.05, 4.69) is 5.92 Å². The highest BCUT2D eigenvalue weighted by atomic mass is 35.5. The van der Waals surface area contributed by atoms with Crippen molar-refractivity contribution >= 4 is 35.1 Å². The van der Waals surface area contributed by atoms with Crippen LogP contribution in [0.15, 0.2) is 18.2 Å². The maximum atomic E-state index is 11.8. The fraction of sp³-hybridized carbons (Fsp3) is 0.231. The molecule has 1 N–H and O–H groups in total. The van der Waals surface area contributed by atoms with Crippen LogP contribution >= 0.6 is 23.2 Å². The lowest BCUT2D eigenvalue weighted by atomic mass is 10.3. The van der Waals surface area contributed by atoms with E-state index in [1.54, 1.807) is 6.07 Å². The summed E-state index contributed by atoms with van der Waals surface area (Å²) in [5.41, 5.74) is 0. The van der Waals surface area contributed by atoms with Crippen molar-refractivity contribution in [3.63, 3.8) is 0 Å². The van der Waals surface area contributed by atoms with Gasteiger partial charge in [0.25, 0.3) is 5.91 Å². The van der Waals surface area contributed by atoms with Gasteiger partial charge in [-0.25, -0.2) is 0 Å². The zero-order valence-corrected chi connectivity index (χ0v) is 11.8. The topological polar surface area (TPSA) is 66.8 Å². The summed E-state index contributed by atoms with van der Waals surface area (Å²) in [7, 11) is 0. The average Bonchev–Trinajstić information content (AvgIpc) is 2.36. The monoisotopic (exact) mass is 315 g/mol. The summed E-state index contributed by atoms with van der Waals surface area (Å²) >= 11 is 11.6. The number of terminal acetylenes is 1. The molecule has 1 amide bonds. The Balaban J connectivity index is 2.64. The molecule has 0 unspecified atom stereocenters. The van der Waals surface area contributed by atoms with Crippen LogP contribution in [0.1, 0.15) is 0 Å². The van der Waals surface area contributed by atoms with Crippen LogP contribution in [0.2, 0.25) is 10.0 Å². The predicted molar refractivity (Wildman–Crippen MR) is 75.0 cm³/mol. The molecule has 0 aromatic heterocycles. The van der Waals surface area contributed by atoms with Crippen LogP contribution in [-0.2, 0) is 9.59 Å². The average molecular weight is 316 g/mol. The van der Waals surface area contributed by atoms with Gasteiger partial charge in [0.05, 0.1) is 11.6 Å². The summed E-state index contributed by atoms with van der Waals surface area (Å²) in [5.74, 6) is 0.792. The number of benzene rings is 1. The van der Waals surface area contributed by atoms with Crippen molar-refractivity contribution in [2.45, 2.75) is 0 Å². The zero-order chi connectivity index (χ0) is 15.1. The number of halogens is 2. The number of nitrogens with zero attached hydrogens (tertiary/aromatic N) is 1. The first kappa shape index (κ1) is 16.2. The number of aliphatic carboxylic acids is 1. The highest BCUT2D eigenvalue weighted by Crippen LogP contribution is 2.27. The van der Waals surface area contributed by atoms with E-state index in [9.17, 15) is 9.59 Å². The molecule has 7 heteroatoms. The molecule has 0 aliphatic carbocycles. The SMILES string of the molecule is C#CCN(CC(=O)O)C(=O)COc1ccc(Cl)cc1Cl. The second-order valence-electron chi connectivity index (χ2n) is 3.71. The van der Waals surface area contributed by atoms with E-state index < -0.39 is 18.4 Å². The van der Waals surface area contributed by atoms with E-state index in [1.807, 2.05) is 0 Å². The van der Waals surface area contributed by atoms with Crippen molar-refractivity contribution in [1.82, 2.24) is 4.90 Å². The van der Waals surface area contributed by atoms with Gasteiger partial charge in [0, 0.05) is 5.02 Å². The summed E-state index contributed by atoms with van der Waals surface area (Å²) in [6.45, 7) is -0.958. The number of carboxylic acid groups (broad SMARTS) is 1. The Hall–Kier alpha value is -1.90. The minimum Gasteiger partial charge on any atom is -0.482 e. The smallest absolute Gasteiger partial charge is 0.323 e. The van der Waals surface area contributed by atoms with Gasteiger partial charge >= 0.3 is 5.97 Å². The maximum absolute atomic E-state index is 11.8. The quantitative estimate of drug-likeness (QED) is 0.814. The number of amides is 1. The Labute approximate surface area is 126 Å². The van der Waals surface area contributed by atoms with Gasteiger partial charge in [-0.2, -0.15) is 0 Å². The van der Waals surface area contributed by atoms with Gasteiger partial charge in [0.15, 0.2) is 6.61 Å². The van der Waals surface area contributed by atoms with Gasteiger partial charge in [-0.05, 0) is 18.2 Å². The van der Waals surface area contributed by atoms with Crippen molar-refractivity contribution < 1.29 is 19.4 Å². The lowest BCUT2D eigenvalue weighted by molar-refractivity contribution is -0.144. The van der Waals surface area contributed by atoms with E-state index in [4.69, 9.17) is 39.5 Å². The van der Waals surface area contributed by atoms with Crippen LogP contribution in [0.5, 0.6) is 5.75 Å². The molecule has 0 saturated heterocycles. The number of carboxylic acids is 1. The molecule has 106 valence electrons. The molecule has 1 aromatic carbocycles. The maximum Gasteiger partial charge on any atom is 0.323 e. The third kappa shape index (κ3) is 5.00. The Morgan fingerprint density at radius 2 is 2.10 bits per heavy atom. The van der Waals surface area contributed by atoms with Gasteiger partial charge in [0.1, 0.15) is 12.3 Å². The molecule has 0 aliphatic heterocycles. The normalized spacial score (nSPS) is 9.65. The second kappa shape index (κ2) is 7.63. The number of carbonyl (C=O) groups is 2. The third-order valence-corrected chi connectivity index (χ3v) is 2.74. The number of hydrogen-bond acceptors (Lipinski definition) is 3. The first-order chi connectivity index (χ1) is 9.43. The van der Waals surface area contributed by atoms with Gasteiger partial charge in [-0.15, -0.1) is 6.42 Å². The van der Waals surface area contributed by atoms with Gasteiger partial charge in [-0.3, -0.25) is 9.59 Å². The molecule has 20 heavy (non-hydrogen) atoms. The Morgan fingerprint density at radius 1 is 1.40 bits per heavy atom. The largest absolute Gasteiger partial charge is 0.482 e. The molecular formula is C13H11Cl2NO4. The molecule has 0 saturated carbocycles. The molecule has 0 spiro atoms. The number of carbonyl (C=O) groups excluding carboxylic acids is 1. The van der Waals surface area contributed by atoms with Gasteiger partial charge in [0.2, 0.25) is 0 Å². The summed E-state index contributed by atoms with van der Waals surface area (Å²) in [4.78, 5) is 23.4. The van der Waals surface area contributed by atoms with E-state index in [0.29, 0.717) is 5.02 Å². The second-order valence-corrected chi connectivity index (χ2v) is 4.55. The molecular weight excluding hydrogens is 305 g/mol. The Kier molecular flexibility index (Phi) is 6.16. The van der Waals surface area contributed by atoms with Crippen molar-refractivity contribution in [3.05, 3.63) is 28.2 Å². The van der Waals surface area contributed by atoms with Crippen LogP contribution in [-0.4, -0.2) is 41.6 Å². The molecule has 0 bridgehead atoms. The predicted octanol–water partition coefficient (Wildman–Crippen LogP) is 1.92. The van der Waals surface area contributed by atoms with E-state index in [-0.39, 0.29) is 23.9 Å². The highest BCUT2D eigenvalue weighted by molar-refractivity contribution is 6.35. The Bertz CT molecular complexity index is 554. The summed E-state index contributed by atoms with van der Waals surface area (Å²) < 4.78 is 5.22. The van der Waals surface area contributed by atoms with Crippen molar-refractivity contribution in [2.75, 3.05) is 19.7 Å². The molecule has 0 atom stereocenters. The fourth-order valence-corrected chi connectivity index (χ4v) is 1.79. The first-order valence-corrected chi connectivity index (χ1v) is 6.20. The van der Waals surface area contributed by atoms with Crippen molar-refractivity contribution in [2.24, 2.45) is 0 Å². The molecule has 1 aromatic rings. The number of ether oxygens (including phenoxy) is 1. The number of hydrogen-bond donors (Lipinski definition) is 1. The summed E-state index contributed by atoms with van der Waals surface area (Å²) in [5, 5.41) is 9.38. The highest BCUT2D eigenvalue weighted by Gasteiger charge is 2.16. The molecule has 0 aliphatic rings. The lowest BCUT2D eigenvalue weighted by Crippen LogP contribution is -2.39. The minimum atomic E-state index is -1.15.